The molecule has 4 nitrogen and oxygen atoms in total. The molecule has 4 heteroatoms. The fraction of sp³-hybridized carbons (Fsp3) is 0.0577. The quantitative estimate of drug-likeness (QED) is 0.178. The SMILES string of the molecule is CC1(C)c2ccccc2-c2c1c1c3ccccc3n(-c3ccccc3-c3nc4ccccc4n3-c3ccccc3)c1c1c3ccccc3n(-c3ccccc3)c21. The average Bonchev–Trinajstić information content (AvgIpc) is 3.97. The monoisotopic (exact) mass is 716 g/mol. The van der Waals surface area contributed by atoms with Crippen LogP contribution in [0.4, 0.5) is 0 Å². The second-order valence-electron chi connectivity index (χ2n) is 15.5. The molecule has 1 aliphatic rings. The van der Waals surface area contributed by atoms with Crippen molar-refractivity contribution in [2.24, 2.45) is 0 Å². The zero-order valence-electron chi connectivity index (χ0n) is 31.1. The predicted octanol–water partition coefficient (Wildman–Crippen LogP) is 13.2. The number of aromatic nitrogens is 4. The summed E-state index contributed by atoms with van der Waals surface area (Å²) in [6.07, 6.45) is 0. The van der Waals surface area contributed by atoms with Gasteiger partial charge in [0, 0.05) is 49.5 Å². The van der Waals surface area contributed by atoms with Crippen LogP contribution in [0.15, 0.2) is 182 Å². The fourth-order valence-corrected chi connectivity index (χ4v) is 9.96. The first-order chi connectivity index (χ1) is 27.6. The Morgan fingerprint density at radius 2 is 0.964 bits per heavy atom. The highest BCUT2D eigenvalue weighted by Crippen LogP contribution is 2.58. The van der Waals surface area contributed by atoms with Crippen molar-refractivity contribution in [1.29, 1.82) is 0 Å². The molecule has 56 heavy (non-hydrogen) atoms. The summed E-state index contributed by atoms with van der Waals surface area (Å²) < 4.78 is 7.39. The van der Waals surface area contributed by atoms with E-state index in [2.05, 4.69) is 210 Å². The molecule has 3 heterocycles. The molecule has 1 aliphatic carbocycles. The second kappa shape index (κ2) is 11.4. The molecule has 8 aromatic carbocycles. The van der Waals surface area contributed by atoms with Crippen LogP contribution >= 0.6 is 0 Å². The normalized spacial score (nSPS) is 13.3. The van der Waals surface area contributed by atoms with E-state index in [1.165, 1.54) is 65.9 Å². The maximum Gasteiger partial charge on any atom is 0.147 e. The predicted molar refractivity (Wildman–Crippen MR) is 233 cm³/mol. The highest BCUT2D eigenvalue weighted by Gasteiger charge is 2.41. The lowest BCUT2D eigenvalue weighted by atomic mass is 9.80. The van der Waals surface area contributed by atoms with Gasteiger partial charge in [-0.05, 0) is 77.4 Å². The number of fused-ring (bicyclic) bond motifs is 13. The highest BCUT2D eigenvalue weighted by molar-refractivity contribution is 6.31. The summed E-state index contributed by atoms with van der Waals surface area (Å²) in [6, 6.07) is 65.9. The zero-order chi connectivity index (χ0) is 37.1. The molecule has 0 saturated carbocycles. The summed E-state index contributed by atoms with van der Waals surface area (Å²) in [5.74, 6) is 0.913. The van der Waals surface area contributed by atoms with Crippen LogP contribution in [-0.2, 0) is 5.41 Å². The van der Waals surface area contributed by atoms with Gasteiger partial charge in [-0.1, -0.05) is 135 Å². The zero-order valence-corrected chi connectivity index (χ0v) is 31.1. The van der Waals surface area contributed by atoms with Gasteiger partial charge >= 0.3 is 0 Å². The number of hydrogen-bond donors (Lipinski definition) is 0. The molecule has 12 rings (SSSR count). The van der Waals surface area contributed by atoms with Crippen molar-refractivity contribution in [3.8, 4) is 39.6 Å². The van der Waals surface area contributed by atoms with Gasteiger partial charge in [0.15, 0.2) is 0 Å². The van der Waals surface area contributed by atoms with Crippen molar-refractivity contribution in [3.63, 3.8) is 0 Å². The lowest BCUT2D eigenvalue weighted by Gasteiger charge is -2.23. The molecule has 0 atom stereocenters. The van der Waals surface area contributed by atoms with E-state index < -0.39 is 0 Å². The standard InChI is InChI=1S/C52H36N4/c1-52(2)39-27-13-9-23-35(39)45-48(52)46-36-24-10-16-30-42(36)56(50(46)47-37-25-11-15-29-41(37)54(49(45)47)33-19-5-3-6-20-33)43-31-17-12-26-38(43)51-53-40-28-14-18-32-44(40)55(51)34-21-7-4-8-22-34/h3-32H,1-2H3. The lowest BCUT2D eigenvalue weighted by Crippen LogP contribution is -2.15. The minimum atomic E-state index is -0.258. The Balaban J connectivity index is 1.33. The van der Waals surface area contributed by atoms with Crippen LogP contribution in [0, 0.1) is 0 Å². The van der Waals surface area contributed by atoms with Crippen LogP contribution in [0.25, 0.3) is 94.2 Å². The van der Waals surface area contributed by atoms with Crippen LogP contribution < -0.4 is 0 Å². The summed E-state index contributed by atoms with van der Waals surface area (Å²) in [4.78, 5) is 5.40. The third-order valence-electron chi connectivity index (χ3n) is 12.2. The van der Waals surface area contributed by atoms with E-state index in [1.54, 1.807) is 0 Å². The minimum Gasteiger partial charge on any atom is -0.309 e. The van der Waals surface area contributed by atoms with E-state index in [4.69, 9.17) is 4.98 Å². The van der Waals surface area contributed by atoms with Gasteiger partial charge < -0.3 is 9.13 Å². The van der Waals surface area contributed by atoms with Gasteiger partial charge in [0.1, 0.15) is 5.82 Å². The third-order valence-corrected chi connectivity index (χ3v) is 12.2. The van der Waals surface area contributed by atoms with Gasteiger partial charge in [-0.2, -0.15) is 0 Å². The summed E-state index contributed by atoms with van der Waals surface area (Å²) in [5, 5.41) is 5.06. The largest absolute Gasteiger partial charge is 0.309 e. The minimum absolute atomic E-state index is 0.258. The fourth-order valence-electron chi connectivity index (χ4n) is 9.96. The molecule has 0 saturated heterocycles. The first-order valence-corrected chi connectivity index (χ1v) is 19.4. The molecule has 0 spiro atoms. The Hall–Kier alpha value is -7.17. The van der Waals surface area contributed by atoms with Crippen LogP contribution in [0.5, 0.6) is 0 Å². The van der Waals surface area contributed by atoms with E-state index in [-0.39, 0.29) is 5.41 Å². The van der Waals surface area contributed by atoms with E-state index in [1.807, 2.05) is 0 Å². The van der Waals surface area contributed by atoms with E-state index in [0.29, 0.717) is 0 Å². The van der Waals surface area contributed by atoms with Crippen molar-refractivity contribution in [2.45, 2.75) is 19.3 Å². The molecular formula is C52H36N4. The van der Waals surface area contributed by atoms with E-state index >= 15 is 0 Å². The Morgan fingerprint density at radius 3 is 1.70 bits per heavy atom. The Labute approximate surface area is 324 Å². The molecule has 264 valence electrons. The number of nitrogens with zero attached hydrogens (tertiary/aromatic N) is 4. The highest BCUT2D eigenvalue weighted by atomic mass is 15.1. The van der Waals surface area contributed by atoms with E-state index in [0.717, 1.165) is 39.5 Å². The van der Waals surface area contributed by atoms with Crippen molar-refractivity contribution in [1.82, 2.24) is 18.7 Å². The maximum absolute atomic E-state index is 5.40. The summed E-state index contributed by atoms with van der Waals surface area (Å²) in [5.41, 5.74) is 16.4. The number of benzene rings is 8. The first kappa shape index (κ1) is 31.2. The lowest BCUT2D eigenvalue weighted by molar-refractivity contribution is 0.667. The van der Waals surface area contributed by atoms with Gasteiger partial charge in [-0.15, -0.1) is 0 Å². The molecule has 0 fully saturated rings. The Kier molecular flexibility index (Phi) is 6.37. The molecule has 0 aliphatic heterocycles. The van der Waals surface area contributed by atoms with Crippen molar-refractivity contribution >= 4 is 54.6 Å². The molecule has 0 radical (unpaired) electrons. The van der Waals surface area contributed by atoms with Crippen LogP contribution in [-0.4, -0.2) is 18.7 Å². The summed E-state index contributed by atoms with van der Waals surface area (Å²) >= 11 is 0. The maximum atomic E-state index is 5.40. The van der Waals surface area contributed by atoms with Crippen molar-refractivity contribution in [2.75, 3.05) is 0 Å². The van der Waals surface area contributed by atoms with Crippen molar-refractivity contribution in [3.05, 3.63) is 193 Å². The van der Waals surface area contributed by atoms with Gasteiger partial charge in [0.05, 0.1) is 38.8 Å². The Bertz CT molecular complexity index is 3380. The number of hydrogen-bond acceptors (Lipinski definition) is 1. The number of imidazole rings is 1. The molecule has 0 bridgehead atoms. The smallest absolute Gasteiger partial charge is 0.147 e. The van der Waals surface area contributed by atoms with Gasteiger partial charge in [-0.25, -0.2) is 4.98 Å². The molecular weight excluding hydrogens is 681 g/mol. The molecule has 3 aromatic heterocycles. The number of rotatable bonds is 4. The Morgan fingerprint density at radius 1 is 0.429 bits per heavy atom. The summed E-state index contributed by atoms with van der Waals surface area (Å²) in [6.45, 7) is 4.83. The molecule has 11 aromatic rings. The van der Waals surface area contributed by atoms with Gasteiger partial charge in [-0.3, -0.25) is 4.57 Å². The second-order valence-corrected chi connectivity index (χ2v) is 15.5. The van der Waals surface area contributed by atoms with Crippen LogP contribution in [0.3, 0.4) is 0 Å². The topological polar surface area (TPSA) is 27.7 Å². The third kappa shape index (κ3) is 4.05. The van der Waals surface area contributed by atoms with E-state index in [9.17, 15) is 0 Å². The first-order valence-electron chi connectivity index (χ1n) is 19.4. The molecule has 0 amide bonds. The summed E-state index contributed by atoms with van der Waals surface area (Å²) in [7, 11) is 0. The van der Waals surface area contributed by atoms with Crippen LogP contribution in [0.1, 0.15) is 25.0 Å². The van der Waals surface area contributed by atoms with Gasteiger partial charge in [0.2, 0.25) is 0 Å². The number of para-hydroxylation sites is 7. The van der Waals surface area contributed by atoms with Gasteiger partial charge in [0.25, 0.3) is 0 Å². The van der Waals surface area contributed by atoms with Crippen LogP contribution in [0.2, 0.25) is 0 Å². The van der Waals surface area contributed by atoms with Crippen molar-refractivity contribution < 1.29 is 0 Å². The molecule has 0 N–H and O–H groups in total. The average molecular weight is 717 g/mol. The molecule has 0 unspecified atom stereocenters.